The van der Waals surface area contributed by atoms with Gasteiger partial charge < -0.3 is 0 Å². The monoisotopic (exact) mass is 344 g/mol. The zero-order valence-electron chi connectivity index (χ0n) is 13.7. The van der Waals surface area contributed by atoms with Crippen molar-refractivity contribution in [1.82, 2.24) is 9.97 Å². The molecule has 0 spiro atoms. The maximum absolute atomic E-state index is 4.68. The molecule has 0 aliphatic carbocycles. The maximum Gasteiger partial charge on any atom is 0.203 e. The summed E-state index contributed by atoms with van der Waals surface area (Å²) in [4.78, 5) is 8.97. The molecule has 5 heteroatoms. The third kappa shape index (κ3) is 3.27. The van der Waals surface area contributed by atoms with E-state index in [2.05, 4.69) is 68.3 Å². The van der Waals surface area contributed by atoms with Crippen molar-refractivity contribution in [3.8, 4) is 11.3 Å². The van der Waals surface area contributed by atoms with Crippen LogP contribution in [0.4, 0.5) is 5.13 Å². The number of hydrogen-bond acceptors (Lipinski definition) is 5. The largest absolute Gasteiger partial charge is 0.255 e. The van der Waals surface area contributed by atoms with Crippen LogP contribution in [0.1, 0.15) is 12.6 Å². The van der Waals surface area contributed by atoms with E-state index < -0.39 is 0 Å². The first-order chi connectivity index (χ1) is 12.3. The highest BCUT2D eigenvalue weighted by molar-refractivity contribution is 7.14. The lowest BCUT2D eigenvalue weighted by atomic mass is 10.0. The van der Waals surface area contributed by atoms with Crippen molar-refractivity contribution in [2.75, 3.05) is 5.43 Å². The molecule has 0 amide bonds. The molecule has 0 atom stereocenters. The van der Waals surface area contributed by atoms with Gasteiger partial charge in [0.2, 0.25) is 5.13 Å². The highest BCUT2D eigenvalue weighted by Gasteiger charge is 2.08. The lowest BCUT2D eigenvalue weighted by molar-refractivity contribution is 1.23. The second-order valence-corrected chi connectivity index (χ2v) is 6.45. The van der Waals surface area contributed by atoms with Crippen molar-refractivity contribution >= 4 is 33.0 Å². The predicted molar refractivity (Wildman–Crippen MR) is 105 cm³/mol. The van der Waals surface area contributed by atoms with E-state index in [1.807, 2.05) is 25.1 Å². The fourth-order valence-corrected chi connectivity index (χ4v) is 3.32. The Morgan fingerprint density at radius 1 is 1.00 bits per heavy atom. The molecule has 0 aliphatic rings. The molecule has 0 saturated carbocycles. The summed E-state index contributed by atoms with van der Waals surface area (Å²) in [6.45, 7) is 1.93. The number of thiazole rings is 1. The number of nitrogens with one attached hydrogen (secondary N) is 1. The summed E-state index contributed by atoms with van der Waals surface area (Å²) < 4.78 is 0. The van der Waals surface area contributed by atoms with Crippen LogP contribution < -0.4 is 5.43 Å². The number of anilines is 1. The van der Waals surface area contributed by atoms with Crippen molar-refractivity contribution < 1.29 is 0 Å². The zero-order valence-corrected chi connectivity index (χ0v) is 14.5. The van der Waals surface area contributed by atoms with Crippen LogP contribution in [0.25, 0.3) is 22.0 Å². The molecule has 0 aliphatic heterocycles. The van der Waals surface area contributed by atoms with Gasteiger partial charge in [0.1, 0.15) is 0 Å². The minimum Gasteiger partial charge on any atom is -0.255 e. The van der Waals surface area contributed by atoms with Crippen LogP contribution in [0.2, 0.25) is 0 Å². The predicted octanol–water partition coefficient (Wildman–Crippen LogP) is 5.19. The molecular formula is C20H16N4S. The smallest absolute Gasteiger partial charge is 0.203 e. The molecule has 2 heterocycles. The van der Waals surface area contributed by atoms with Crippen molar-refractivity contribution in [1.29, 1.82) is 0 Å². The molecule has 2 aromatic heterocycles. The van der Waals surface area contributed by atoms with E-state index in [1.54, 1.807) is 17.5 Å². The van der Waals surface area contributed by atoms with Crippen LogP contribution in [0.15, 0.2) is 77.3 Å². The van der Waals surface area contributed by atoms with Gasteiger partial charge in [0.25, 0.3) is 0 Å². The van der Waals surface area contributed by atoms with Crippen LogP contribution in [0, 0.1) is 0 Å². The first kappa shape index (κ1) is 15.5. The highest BCUT2D eigenvalue weighted by atomic mass is 32.1. The quantitative estimate of drug-likeness (QED) is 0.409. The summed E-state index contributed by atoms with van der Waals surface area (Å²) >= 11 is 1.54. The van der Waals surface area contributed by atoms with Gasteiger partial charge in [-0.1, -0.05) is 48.5 Å². The SMILES string of the molecule is C/C(=N\Nc1nc(-c2cccc3ccccc23)cs1)c1ccccn1. The van der Waals surface area contributed by atoms with Crippen LogP contribution in [0.5, 0.6) is 0 Å². The fourth-order valence-electron chi connectivity index (χ4n) is 2.66. The van der Waals surface area contributed by atoms with E-state index in [-0.39, 0.29) is 0 Å². The van der Waals surface area contributed by atoms with Gasteiger partial charge in [0.05, 0.1) is 17.1 Å². The van der Waals surface area contributed by atoms with E-state index in [0.29, 0.717) is 0 Å². The van der Waals surface area contributed by atoms with Crippen LogP contribution in [-0.2, 0) is 0 Å². The maximum atomic E-state index is 4.68. The standard InChI is InChI=1S/C20H16N4S/c1-14(18-11-4-5-12-21-18)23-24-20-22-19(13-25-20)17-10-6-8-15-7-2-3-9-16(15)17/h2-13H,1H3,(H,22,24)/b23-14+. The van der Waals surface area contributed by atoms with Crippen LogP contribution in [0.3, 0.4) is 0 Å². The molecule has 2 aromatic carbocycles. The molecule has 25 heavy (non-hydrogen) atoms. The van der Waals surface area contributed by atoms with Gasteiger partial charge in [-0.2, -0.15) is 5.10 Å². The summed E-state index contributed by atoms with van der Waals surface area (Å²) in [6, 6.07) is 20.4. The Kier molecular flexibility index (Phi) is 4.23. The summed E-state index contributed by atoms with van der Waals surface area (Å²) in [5.74, 6) is 0. The van der Waals surface area contributed by atoms with E-state index in [9.17, 15) is 0 Å². The Bertz CT molecular complexity index is 1030. The fraction of sp³-hybridized carbons (Fsp3) is 0.0500. The van der Waals surface area contributed by atoms with Gasteiger partial charge in [-0.15, -0.1) is 11.3 Å². The summed E-state index contributed by atoms with van der Waals surface area (Å²) in [7, 11) is 0. The number of hydrazone groups is 1. The number of aromatic nitrogens is 2. The number of rotatable bonds is 4. The molecule has 1 N–H and O–H groups in total. The minimum absolute atomic E-state index is 0.762. The summed E-state index contributed by atoms with van der Waals surface area (Å²) in [6.07, 6.45) is 1.76. The molecule has 4 aromatic rings. The van der Waals surface area contributed by atoms with Crippen LogP contribution in [-0.4, -0.2) is 15.7 Å². The Labute approximate surface area is 149 Å². The molecule has 0 bridgehead atoms. The van der Waals surface area contributed by atoms with Crippen molar-refractivity contribution in [2.24, 2.45) is 5.10 Å². The third-order valence-electron chi connectivity index (χ3n) is 3.92. The average molecular weight is 344 g/mol. The topological polar surface area (TPSA) is 50.2 Å². The van der Waals surface area contributed by atoms with Crippen LogP contribution >= 0.6 is 11.3 Å². The Hall–Kier alpha value is -3.05. The Morgan fingerprint density at radius 3 is 2.72 bits per heavy atom. The molecule has 4 nitrogen and oxygen atoms in total. The number of nitrogens with zero attached hydrogens (tertiary/aromatic N) is 3. The molecule has 0 fully saturated rings. The lowest BCUT2D eigenvalue weighted by Crippen LogP contribution is -2.01. The number of fused-ring (bicyclic) bond motifs is 1. The molecule has 0 saturated heterocycles. The van der Waals surface area contributed by atoms with Crippen molar-refractivity contribution in [3.63, 3.8) is 0 Å². The first-order valence-electron chi connectivity index (χ1n) is 7.96. The van der Waals surface area contributed by atoms with E-state index in [1.165, 1.54) is 10.8 Å². The number of benzene rings is 2. The van der Waals surface area contributed by atoms with Gasteiger partial charge in [0.15, 0.2) is 0 Å². The molecule has 122 valence electrons. The summed E-state index contributed by atoms with van der Waals surface area (Å²) in [5, 5.41) is 9.62. The highest BCUT2D eigenvalue weighted by Crippen LogP contribution is 2.30. The Morgan fingerprint density at radius 2 is 1.84 bits per heavy atom. The lowest BCUT2D eigenvalue weighted by Gasteiger charge is -2.03. The van der Waals surface area contributed by atoms with E-state index in [0.717, 1.165) is 27.8 Å². The number of pyridine rings is 1. The minimum atomic E-state index is 0.762. The molecule has 0 unspecified atom stereocenters. The van der Waals surface area contributed by atoms with E-state index >= 15 is 0 Å². The van der Waals surface area contributed by atoms with Gasteiger partial charge in [0, 0.05) is 17.1 Å². The normalized spacial score (nSPS) is 11.6. The average Bonchev–Trinajstić information content (AvgIpc) is 3.15. The van der Waals surface area contributed by atoms with Gasteiger partial charge in [-0.25, -0.2) is 4.98 Å². The molecule has 4 rings (SSSR count). The van der Waals surface area contributed by atoms with Gasteiger partial charge in [-0.05, 0) is 29.8 Å². The Balaban J connectivity index is 1.60. The van der Waals surface area contributed by atoms with Crippen molar-refractivity contribution in [2.45, 2.75) is 6.92 Å². The molecular weight excluding hydrogens is 328 g/mol. The van der Waals surface area contributed by atoms with E-state index in [4.69, 9.17) is 0 Å². The second kappa shape index (κ2) is 6.83. The number of hydrogen-bond donors (Lipinski definition) is 1. The first-order valence-corrected chi connectivity index (χ1v) is 8.84. The summed E-state index contributed by atoms with van der Waals surface area (Å²) in [5.41, 5.74) is 6.79. The zero-order chi connectivity index (χ0) is 17.1. The second-order valence-electron chi connectivity index (χ2n) is 5.59. The van der Waals surface area contributed by atoms with Crippen molar-refractivity contribution in [3.05, 3.63) is 77.9 Å². The van der Waals surface area contributed by atoms with Gasteiger partial charge >= 0.3 is 0 Å². The third-order valence-corrected chi connectivity index (χ3v) is 4.67. The van der Waals surface area contributed by atoms with Gasteiger partial charge in [-0.3, -0.25) is 10.4 Å². The molecule has 0 radical (unpaired) electrons.